The predicted octanol–water partition coefficient (Wildman–Crippen LogP) is 3.42. The van der Waals surface area contributed by atoms with Gasteiger partial charge in [0.15, 0.2) is 5.82 Å². The van der Waals surface area contributed by atoms with Crippen LogP contribution in [0.15, 0.2) is 36.4 Å². The van der Waals surface area contributed by atoms with Crippen LogP contribution < -0.4 is 10.6 Å². The van der Waals surface area contributed by atoms with Crippen LogP contribution in [0.2, 0.25) is 0 Å². The Kier molecular flexibility index (Phi) is 6.09. The van der Waals surface area contributed by atoms with Crippen molar-refractivity contribution in [2.75, 3.05) is 17.2 Å². The van der Waals surface area contributed by atoms with Crippen LogP contribution in [0.1, 0.15) is 31.4 Å². The minimum Gasteiger partial charge on any atom is -0.369 e. The number of carbonyl (C=O) groups excluding carboxylic acids is 1. The average Bonchev–Trinajstić information content (AvgIpc) is 2.48. The minimum atomic E-state index is -0.0922. The van der Waals surface area contributed by atoms with Crippen LogP contribution in [0.4, 0.5) is 11.6 Å². The molecule has 1 amide bonds. The fraction of sp³-hybridized carbons (Fsp3) is 0.389. The summed E-state index contributed by atoms with van der Waals surface area (Å²) >= 11 is 0. The van der Waals surface area contributed by atoms with Crippen molar-refractivity contribution in [2.45, 2.75) is 33.6 Å². The fourth-order valence-corrected chi connectivity index (χ4v) is 2.18. The smallest absolute Gasteiger partial charge is 0.229 e. The molecule has 1 aromatic heterocycles. The Bertz CT molecular complexity index is 638. The summed E-state index contributed by atoms with van der Waals surface area (Å²) in [5.41, 5.74) is 2.13. The molecule has 0 radical (unpaired) electrons. The first-order valence-electron chi connectivity index (χ1n) is 7.96. The maximum absolute atomic E-state index is 12.0. The first kappa shape index (κ1) is 16.9. The van der Waals surface area contributed by atoms with Crippen LogP contribution in [-0.4, -0.2) is 22.6 Å². The number of benzene rings is 1. The van der Waals surface area contributed by atoms with Crippen LogP contribution in [-0.2, 0) is 11.2 Å². The zero-order valence-electron chi connectivity index (χ0n) is 14.0. The summed E-state index contributed by atoms with van der Waals surface area (Å²) in [5, 5.41) is 14.1. The van der Waals surface area contributed by atoms with Gasteiger partial charge in [-0.2, -0.15) is 0 Å². The first-order valence-corrected chi connectivity index (χ1v) is 7.96. The quantitative estimate of drug-likeness (QED) is 0.822. The van der Waals surface area contributed by atoms with Gasteiger partial charge in [0, 0.05) is 6.54 Å². The average molecular weight is 312 g/mol. The highest BCUT2D eigenvalue weighted by molar-refractivity contribution is 5.91. The molecule has 0 aliphatic rings. The van der Waals surface area contributed by atoms with E-state index in [4.69, 9.17) is 0 Å². The van der Waals surface area contributed by atoms with E-state index in [1.54, 1.807) is 6.07 Å². The highest BCUT2D eigenvalue weighted by Crippen LogP contribution is 2.09. The largest absolute Gasteiger partial charge is 0.369 e. The first-order chi connectivity index (χ1) is 11.0. The van der Waals surface area contributed by atoms with Gasteiger partial charge in [-0.05, 0) is 37.0 Å². The van der Waals surface area contributed by atoms with E-state index >= 15 is 0 Å². The zero-order chi connectivity index (χ0) is 16.7. The van der Waals surface area contributed by atoms with Gasteiger partial charge >= 0.3 is 0 Å². The second kappa shape index (κ2) is 8.27. The molecular weight excluding hydrogens is 288 g/mol. The van der Waals surface area contributed by atoms with Gasteiger partial charge in [-0.1, -0.05) is 43.7 Å². The molecule has 1 aromatic carbocycles. The summed E-state index contributed by atoms with van der Waals surface area (Å²) in [7, 11) is 0. The van der Waals surface area contributed by atoms with Crippen molar-refractivity contribution in [3.63, 3.8) is 0 Å². The van der Waals surface area contributed by atoms with E-state index in [0.717, 1.165) is 29.9 Å². The molecule has 2 aromatic rings. The van der Waals surface area contributed by atoms with Gasteiger partial charge in [-0.3, -0.25) is 4.79 Å². The highest BCUT2D eigenvalue weighted by atomic mass is 16.1. The van der Waals surface area contributed by atoms with E-state index in [1.165, 1.54) is 0 Å². The number of hydrogen-bond acceptors (Lipinski definition) is 4. The Morgan fingerprint density at radius 1 is 1.13 bits per heavy atom. The van der Waals surface area contributed by atoms with Crippen molar-refractivity contribution in [3.8, 4) is 0 Å². The van der Waals surface area contributed by atoms with Crippen molar-refractivity contribution in [1.82, 2.24) is 10.2 Å². The molecule has 23 heavy (non-hydrogen) atoms. The molecule has 1 heterocycles. The number of hydrogen-bond donors (Lipinski definition) is 2. The lowest BCUT2D eigenvalue weighted by Gasteiger charge is -2.08. The van der Waals surface area contributed by atoms with Crippen molar-refractivity contribution >= 4 is 17.5 Å². The van der Waals surface area contributed by atoms with Gasteiger partial charge < -0.3 is 10.6 Å². The van der Waals surface area contributed by atoms with Crippen LogP contribution >= 0.6 is 0 Å². The topological polar surface area (TPSA) is 66.9 Å². The minimum absolute atomic E-state index is 0.0922. The van der Waals surface area contributed by atoms with Crippen LogP contribution in [0.3, 0.4) is 0 Å². The SMILES string of the molecule is Cc1cccc(CC(=O)Nc2ccc(NCCC(C)C)nn2)c1. The number of aromatic nitrogens is 2. The monoisotopic (exact) mass is 312 g/mol. The molecule has 5 nitrogen and oxygen atoms in total. The third-order valence-corrected chi connectivity index (χ3v) is 3.41. The second-order valence-corrected chi connectivity index (χ2v) is 6.13. The lowest BCUT2D eigenvalue weighted by molar-refractivity contribution is -0.115. The molecule has 0 bridgehead atoms. The van der Waals surface area contributed by atoms with Crippen molar-refractivity contribution in [3.05, 3.63) is 47.5 Å². The third kappa shape index (κ3) is 6.06. The number of nitrogens with zero attached hydrogens (tertiary/aromatic N) is 2. The van der Waals surface area contributed by atoms with Crippen LogP contribution in [0.5, 0.6) is 0 Å². The normalized spacial score (nSPS) is 10.6. The standard InChI is InChI=1S/C18H24N4O/c1-13(2)9-10-19-16-7-8-17(22-21-16)20-18(23)12-15-6-4-5-14(3)11-15/h4-8,11,13H,9-10,12H2,1-3H3,(H,19,21)(H,20,22,23). The zero-order valence-corrected chi connectivity index (χ0v) is 14.0. The maximum atomic E-state index is 12.0. The lowest BCUT2D eigenvalue weighted by atomic mass is 10.1. The molecule has 0 atom stereocenters. The molecule has 5 heteroatoms. The predicted molar refractivity (Wildman–Crippen MR) is 93.5 cm³/mol. The molecule has 0 saturated heterocycles. The molecule has 0 spiro atoms. The van der Waals surface area contributed by atoms with Crippen LogP contribution in [0, 0.1) is 12.8 Å². The van der Waals surface area contributed by atoms with Gasteiger partial charge in [0.1, 0.15) is 5.82 Å². The number of amides is 1. The third-order valence-electron chi connectivity index (χ3n) is 3.41. The van der Waals surface area contributed by atoms with Crippen molar-refractivity contribution in [2.24, 2.45) is 5.92 Å². The summed E-state index contributed by atoms with van der Waals surface area (Å²) in [4.78, 5) is 12.0. The Labute approximate surface area is 137 Å². The number of anilines is 2. The van der Waals surface area contributed by atoms with Gasteiger partial charge in [0.25, 0.3) is 0 Å². The molecule has 2 N–H and O–H groups in total. The highest BCUT2D eigenvalue weighted by Gasteiger charge is 2.06. The van der Waals surface area contributed by atoms with E-state index < -0.39 is 0 Å². The fourth-order valence-electron chi connectivity index (χ4n) is 2.18. The Morgan fingerprint density at radius 3 is 2.52 bits per heavy atom. The number of aryl methyl sites for hydroxylation is 1. The molecule has 0 aliphatic heterocycles. The van der Waals surface area contributed by atoms with Gasteiger partial charge in [0.05, 0.1) is 6.42 Å². The Balaban J connectivity index is 1.84. The van der Waals surface area contributed by atoms with Crippen molar-refractivity contribution < 1.29 is 4.79 Å². The molecule has 122 valence electrons. The summed E-state index contributed by atoms with van der Waals surface area (Å²) in [6, 6.07) is 11.5. The van der Waals surface area contributed by atoms with E-state index in [2.05, 4.69) is 34.7 Å². The molecule has 0 aliphatic carbocycles. The summed E-state index contributed by atoms with van der Waals surface area (Å²) in [5.74, 6) is 1.75. The Morgan fingerprint density at radius 2 is 1.87 bits per heavy atom. The van der Waals surface area contributed by atoms with Crippen molar-refractivity contribution in [1.29, 1.82) is 0 Å². The lowest BCUT2D eigenvalue weighted by Crippen LogP contribution is -2.16. The maximum Gasteiger partial charge on any atom is 0.229 e. The summed E-state index contributed by atoms with van der Waals surface area (Å²) in [6.45, 7) is 7.24. The number of nitrogens with one attached hydrogen (secondary N) is 2. The van der Waals surface area contributed by atoms with E-state index in [0.29, 0.717) is 18.2 Å². The number of carbonyl (C=O) groups is 1. The Hall–Kier alpha value is -2.43. The summed E-state index contributed by atoms with van der Waals surface area (Å²) < 4.78 is 0. The molecule has 0 unspecified atom stereocenters. The van der Waals surface area contributed by atoms with Gasteiger partial charge in [-0.25, -0.2) is 0 Å². The van der Waals surface area contributed by atoms with Gasteiger partial charge in [-0.15, -0.1) is 10.2 Å². The molecular formula is C18H24N4O. The van der Waals surface area contributed by atoms with E-state index in [9.17, 15) is 4.79 Å². The number of rotatable bonds is 7. The van der Waals surface area contributed by atoms with Crippen LogP contribution in [0.25, 0.3) is 0 Å². The molecule has 0 fully saturated rings. The molecule has 2 rings (SSSR count). The summed E-state index contributed by atoms with van der Waals surface area (Å²) in [6.07, 6.45) is 1.41. The van der Waals surface area contributed by atoms with E-state index in [-0.39, 0.29) is 5.91 Å². The second-order valence-electron chi connectivity index (χ2n) is 6.13. The molecule has 0 saturated carbocycles. The van der Waals surface area contributed by atoms with E-state index in [1.807, 2.05) is 37.3 Å². The van der Waals surface area contributed by atoms with Gasteiger partial charge in [0.2, 0.25) is 5.91 Å².